The SMILES string of the molecule is COc1ncccc1C1COC(=O)N1. The Hall–Kier alpha value is -1.78. The van der Waals surface area contributed by atoms with Crippen LogP contribution in [0.1, 0.15) is 11.6 Å². The number of hydrogen-bond donors (Lipinski definition) is 1. The molecule has 2 heterocycles. The summed E-state index contributed by atoms with van der Waals surface area (Å²) < 4.78 is 9.86. The largest absolute Gasteiger partial charge is 0.481 e. The number of methoxy groups -OCH3 is 1. The molecule has 1 aliphatic rings. The Morgan fingerprint density at radius 1 is 1.71 bits per heavy atom. The first kappa shape index (κ1) is 8.80. The van der Waals surface area contributed by atoms with Crippen molar-refractivity contribution in [3.63, 3.8) is 0 Å². The van der Waals surface area contributed by atoms with Gasteiger partial charge in [-0.2, -0.15) is 0 Å². The molecule has 0 spiro atoms. The topological polar surface area (TPSA) is 60.5 Å². The fourth-order valence-electron chi connectivity index (χ4n) is 1.39. The molecule has 1 unspecified atom stereocenters. The zero-order chi connectivity index (χ0) is 9.97. The van der Waals surface area contributed by atoms with Crippen LogP contribution in [-0.2, 0) is 4.74 Å². The molecular weight excluding hydrogens is 184 g/mol. The molecule has 1 aromatic rings. The van der Waals surface area contributed by atoms with Crippen LogP contribution in [-0.4, -0.2) is 24.8 Å². The lowest BCUT2D eigenvalue weighted by atomic mass is 10.1. The minimum absolute atomic E-state index is 0.161. The summed E-state index contributed by atoms with van der Waals surface area (Å²) >= 11 is 0. The van der Waals surface area contributed by atoms with Crippen LogP contribution in [0.4, 0.5) is 4.79 Å². The minimum atomic E-state index is -0.402. The Labute approximate surface area is 81.0 Å². The van der Waals surface area contributed by atoms with Crippen LogP contribution in [0.5, 0.6) is 5.88 Å². The number of nitrogens with zero attached hydrogens (tertiary/aromatic N) is 1. The number of hydrogen-bond acceptors (Lipinski definition) is 4. The van der Waals surface area contributed by atoms with Gasteiger partial charge in [-0.1, -0.05) is 0 Å². The summed E-state index contributed by atoms with van der Waals surface area (Å²) in [5.74, 6) is 0.517. The Morgan fingerprint density at radius 3 is 3.21 bits per heavy atom. The number of amides is 1. The Kier molecular flexibility index (Phi) is 2.22. The molecule has 0 bridgehead atoms. The van der Waals surface area contributed by atoms with E-state index >= 15 is 0 Å². The predicted molar refractivity (Wildman–Crippen MR) is 48.0 cm³/mol. The van der Waals surface area contributed by atoms with Crippen molar-refractivity contribution >= 4 is 6.09 Å². The number of carbonyl (C=O) groups excluding carboxylic acids is 1. The van der Waals surface area contributed by atoms with Crippen molar-refractivity contribution in [2.75, 3.05) is 13.7 Å². The van der Waals surface area contributed by atoms with Gasteiger partial charge in [-0.05, 0) is 12.1 Å². The normalized spacial score (nSPS) is 20.1. The maximum atomic E-state index is 10.8. The molecule has 0 aromatic carbocycles. The highest BCUT2D eigenvalue weighted by Gasteiger charge is 2.26. The molecule has 1 N–H and O–H groups in total. The van der Waals surface area contributed by atoms with Crippen molar-refractivity contribution in [2.45, 2.75) is 6.04 Å². The fourth-order valence-corrected chi connectivity index (χ4v) is 1.39. The number of rotatable bonds is 2. The number of nitrogens with one attached hydrogen (secondary N) is 1. The van der Waals surface area contributed by atoms with Gasteiger partial charge in [-0.25, -0.2) is 9.78 Å². The molecular formula is C9H10N2O3. The lowest BCUT2D eigenvalue weighted by Crippen LogP contribution is -2.19. The lowest BCUT2D eigenvalue weighted by molar-refractivity contribution is 0.176. The predicted octanol–water partition coefficient (Wildman–Crippen LogP) is 0.871. The van der Waals surface area contributed by atoms with E-state index in [4.69, 9.17) is 9.47 Å². The van der Waals surface area contributed by atoms with E-state index in [-0.39, 0.29) is 6.04 Å². The Bertz CT molecular complexity index is 354. The third kappa shape index (κ3) is 1.48. The zero-order valence-electron chi connectivity index (χ0n) is 7.69. The maximum absolute atomic E-state index is 10.8. The molecule has 2 rings (SSSR count). The van der Waals surface area contributed by atoms with Crippen molar-refractivity contribution in [2.24, 2.45) is 0 Å². The van der Waals surface area contributed by atoms with Crippen molar-refractivity contribution in [1.82, 2.24) is 10.3 Å². The first-order chi connectivity index (χ1) is 6.81. The van der Waals surface area contributed by atoms with E-state index in [1.54, 1.807) is 19.4 Å². The average Bonchev–Trinajstić information content (AvgIpc) is 2.65. The van der Waals surface area contributed by atoms with Crippen LogP contribution < -0.4 is 10.1 Å². The number of aromatic nitrogens is 1. The average molecular weight is 194 g/mol. The van der Waals surface area contributed by atoms with Crippen LogP contribution in [0.15, 0.2) is 18.3 Å². The second-order valence-electron chi connectivity index (χ2n) is 2.90. The lowest BCUT2D eigenvalue weighted by Gasteiger charge is -2.10. The number of pyridine rings is 1. The van der Waals surface area contributed by atoms with Gasteiger partial charge in [0, 0.05) is 11.8 Å². The van der Waals surface area contributed by atoms with E-state index < -0.39 is 6.09 Å². The first-order valence-electron chi connectivity index (χ1n) is 4.23. The minimum Gasteiger partial charge on any atom is -0.481 e. The second-order valence-corrected chi connectivity index (χ2v) is 2.90. The molecule has 0 aliphatic carbocycles. The van der Waals surface area contributed by atoms with E-state index in [1.807, 2.05) is 6.07 Å². The standard InChI is InChI=1S/C9H10N2O3/c1-13-8-6(3-2-4-10-8)7-5-14-9(12)11-7/h2-4,7H,5H2,1H3,(H,11,12). The molecule has 74 valence electrons. The molecule has 14 heavy (non-hydrogen) atoms. The van der Waals surface area contributed by atoms with Gasteiger partial charge < -0.3 is 14.8 Å². The molecule has 1 aromatic heterocycles. The van der Waals surface area contributed by atoms with Crippen LogP contribution in [0.2, 0.25) is 0 Å². The Balaban J connectivity index is 2.27. The smallest absolute Gasteiger partial charge is 0.407 e. The zero-order valence-corrected chi connectivity index (χ0v) is 7.69. The van der Waals surface area contributed by atoms with Crippen molar-refractivity contribution < 1.29 is 14.3 Å². The summed E-state index contributed by atoms with van der Waals surface area (Å²) in [6.07, 6.45) is 1.24. The quantitative estimate of drug-likeness (QED) is 0.758. The molecule has 1 amide bonds. The van der Waals surface area contributed by atoms with E-state index in [0.717, 1.165) is 5.56 Å². The van der Waals surface area contributed by atoms with Gasteiger partial charge in [-0.15, -0.1) is 0 Å². The number of cyclic esters (lactones) is 1. The monoisotopic (exact) mass is 194 g/mol. The van der Waals surface area contributed by atoms with Crippen LogP contribution >= 0.6 is 0 Å². The first-order valence-corrected chi connectivity index (χ1v) is 4.23. The maximum Gasteiger partial charge on any atom is 0.407 e. The molecule has 5 heteroatoms. The van der Waals surface area contributed by atoms with Gasteiger partial charge in [0.15, 0.2) is 0 Å². The molecule has 1 fully saturated rings. The third-order valence-corrected chi connectivity index (χ3v) is 2.04. The van der Waals surface area contributed by atoms with E-state index in [2.05, 4.69) is 10.3 Å². The van der Waals surface area contributed by atoms with Gasteiger partial charge in [0.25, 0.3) is 0 Å². The van der Waals surface area contributed by atoms with Gasteiger partial charge >= 0.3 is 6.09 Å². The van der Waals surface area contributed by atoms with Crippen molar-refractivity contribution in [1.29, 1.82) is 0 Å². The van der Waals surface area contributed by atoms with Crippen LogP contribution in [0.3, 0.4) is 0 Å². The second kappa shape index (κ2) is 3.53. The summed E-state index contributed by atoms with van der Waals surface area (Å²) in [5.41, 5.74) is 0.834. The highest BCUT2D eigenvalue weighted by molar-refractivity contribution is 5.70. The van der Waals surface area contributed by atoms with Crippen LogP contribution in [0, 0.1) is 0 Å². The molecule has 1 atom stereocenters. The van der Waals surface area contributed by atoms with Gasteiger partial charge in [0.05, 0.1) is 13.2 Å². The molecule has 1 saturated heterocycles. The highest BCUT2D eigenvalue weighted by Crippen LogP contribution is 2.24. The van der Waals surface area contributed by atoms with Crippen LogP contribution in [0.25, 0.3) is 0 Å². The van der Waals surface area contributed by atoms with E-state index in [9.17, 15) is 4.79 Å². The fraction of sp³-hybridized carbons (Fsp3) is 0.333. The van der Waals surface area contributed by atoms with Gasteiger partial charge in [-0.3, -0.25) is 0 Å². The summed E-state index contributed by atoms with van der Waals surface area (Å²) in [7, 11) is 1.55. The molecule has 0 saturated carbocycles. The van der Waals surface area contributed by atoms with Gasteiger partial charge in [0.2, 0.25) is 5.88 Å². The molecule has 5 nitrogen and oxygen atoms in total. The summed E-state index contributed by atoms with van der Waals surface area (Å²) in [4.78, 5) is 14.9. The summed E-state index contributed by atoms with van der Waals surface area (Å²) in [6.45, 7) is 0.320. The third-order valence-electron chi connectivity index (χ3n) is 2.04. The Morgan fingerprint density at radius 2 is 2.57 bits per heavy atom. The summed E-state index contributed by atoms with van der Waals surface area (Å²) in [6, 6.07) is 3.49. The van der Waals surface area contributed by atoms with E-state index in [0.29, 0.717) is 12.5 Å². The summed E-state index contributed by atoms with van der Waals surface area (Å²) in [5, 5.41) is 2.66. The molecule has 1 aliphatic heterocycles. The number of alkyl carbamates (subject to hydrolysis) is 1. The van der Waals surface area contributed by atoms with Crippen molar-refractivity contribution in [3.05, 3.63) is 23.9 Å². The number of ether oxygens (including phenoxy) is 2. The van der Waals surface area contributed by atoms with Crippen molar-refractivity contribution in [3.8, 4) is 5.88 Å². The highest BCUT2D eigenvalue weighted by atomic mass is 16.6. The van der Waals surface area contributed by atoms with E-state index in [1.165, 1.54) is 0 Å². The number of carbonyl (C=O) groups is 1. The van der Waals surface area contributed by atoms with Gasteiger partial charge in [0.1, 0.15) is 6.61 Å². The molecule has 0 radical (unpaired) electrons.